The molecule has 0 unspecified atom stereocenters. The Labute approximate surface area is 168 Å². The Hall–Kier alpha value is -2.21. The zero-order chi connectivity index (χ0) is 21.4. The molecule has 0 saturated heterocycles. The van der Waals surface area contributed by atoms with Gasteiger partial charge in [0.15, 0.2) is 5.78 Å². The van der Waals surface area contributed by atoms with Crippen LogP contribution in [-0.2, 0) is 20.8 Å². The van der Waals surface area contributed by atoms with Crippen LogP contribution in [0.4, 0.5) is 0 Å². The highest BCUT2D eigenvalue weighted by atomic mass is 16.2. The third kappa shape index (κ3) is 7.08. The lowest BCUT2D eigenvalue weighted by Gasteiger charge is -2.32. The van der Waals surface area contributed by atoms with Crippen LogP contribution in [0.3, 0.4) is 0 Å². The number of carbonyl (C=O) groups is 3. The second-order valence-electron chi connectivity index (χ2n) is 8.22. The molecule has 1 aromatic rings. The van der Waals surface area contributed by atoms with E-state index in [1.807, 2.05) is 58.0 Å². The molecule has 28 heavy (non-hydrogen) atoms. The van der Waals surface area contributed by atoms with Crippen LogP contribution in [0.5, 0.6) is 0 Å². The molecule has 0 saturated carbocycles. The van der Waals surface area contributed by atoms with E-state index in [2.05, 4.69) is 5.32 Å². The van der Waals surface area contributed by atoms with Gasteiger partial charge in [-0.1, -0.05) is 58.0 Å². The average molecular weight is 390 g/mol. The Bertz CT molecular complexity index is 658. The van der Waals surface area contributed by atoms with Gasteiger partial charge in [-0.15, -0.1) is 0 Å². The molecule has 0 aliphatic rings. The Morgan fingerprint density at radius 1 is 1.04 bits per heavy atom. The van der Waals surface area contributed by atoms with Crippen molar-refractivity contribution in [1.82, 2.24) is 10.2 Å². The summed E-state index contributed by atoms with van der Waals surface area (Å²) in [5, 5.41) is 2.79. The van der Waals surface area contributed by atoms with Gasteiger partial charge in [-0.25, -0.2) is 0 Å². The van der Waals surface area contributed by atoms with Crippen molar-refractivity contribution in [2.45, 2.75) is 65.6 Å². The van der Waals surface area contributed by atoms with Crippen molar-refractivity contribution in [2.24, 2.45) is 17.6 Å². The number of nitrogens with one attached hydrogen (secondary N) is 1. The molecule has 1 aromatic carbocycles. The summed E-state index contributed by atoms with van der Waals surface area (Å²) in [5.41, 5.74) is 6.89. The number of nitrogens with zero attached hydrogens (tertiary/aromatic N) is 1. The average Bonchev–Trinajstić information content (AvgIpc) is 2.64. The van der Waals surface area contributed by atoms with Crippen LogP contribution in [0.2, 0.25) is 0 Å². The van der Waals surface area contributed by atoms with Gasteiger partial charge < -0.3 is 16.0 Å². The molecule has 0 spiro atoms. The van der Waals surface area contributed by atoms with Crippen molar-refractivity contribution < 1.29 is 14.4 Å². The molecular weight excluding hydrogens is 354 g/mol. The molecule has 3 N–H and O–H groups in total. The van der Waals surface area contributed by atoms with Crippen molar-refractivity contribution in [1.29, 1.82) is 0 Å². The van der Waals surface area contributed by atoms with E-state index in [0.29, 0.717) is 6.42 Å². The first kappa shape index (κ1) is 23.8. The summed E-state index contributed by atoms with van der Waals surface area (Å²) in [7, 11) is 1.60. The fourth-order valence-corrected chi connectivity index (χ4v) is 2.90. The van der Waals surface area contributed by atoms with Crippen LogP contribution in [0, 0.1) is 11.8 Å². The molecule has 0 bridgehead atoms. The molecule has 0 aliphatic heterocycles. The fourth-order valence-electron chi connectivity index (χ4n) is 2.90. The first-order valence-corrected chi connectivity index (χ1v) is 9.93. The summed E-state index contributed by atoms with van der Waals surface area (Å²) < 4.78 is 0. The predicted octanol–water partition coefficient (Wildman–Crippen LogP) is 2.16. The molecule has 0 aliphatic carbocycles. The number of nitrogens with two attached hydrogens (primary N) is 1. The van der Waals surface area contributed by atoms with Crippen LogP contribution in [0.1, 0.15) is 46.6 Å². The van der Waals surface area contributed by atoms with E-state index in [4.69, 9.17) is 5.73 Å². The largest absolute Gasteiger partial charge is 0.345 e. The highest BCUT2D eigenvalue weighted by Gasteiger charge is 2.32. The smallest absolute Gasteiger partial charge is 0.243 e. The number of amides is 2. The van der Waals surface area contributed by atoms with E-state index in [9.17, 15) is 14.4 Å². The lowest BCUT2D eigenvalue weighted by molar-refractivity contribution is -0.141. The number of rotatable bonds is 10. The van der Waals surface area contributed by atoms with Gasteiger partial charge in [-0.05, 0) is 30.7 Å². The van der Waals surface area contributed by atoms with Crippen LogP contribution >= 0.6 is 0 Å². The van der Waals surface area contributed by atoms with Gasteiger partial charge in [-0.3, -0.25) is 14.4 Å². The first-order valence-electron chi connectivity index (χ1n) is 9.93. The lowest BCUT2D eigenvalue weighted by Crippen LogP contribution is -2.55. The predicted molar refractivity (Wildman–Crippen MR) is 112 cm³/mol. The van der Waals surface area contributed by atoms with Crippen molar-refractivity contribution in [3.8, 4) is 0 Å². The second-order valence-corrected chi connectivity index (χ2v) is 8.22. The molecule has 6 nitrogen and oxygen atoms in total. The van der Waals surface area contributed by atoms with Gasteiger partial charge in [0, 0.05) is 13.5 Å². The van der Waals surface area contributed by atoms with Crippen LogP contribution in [0.25, 0.3) is 0 Å². The van der Waals surface area contributed by atoms with Crippen LogP contribution in [-0.4, -0.2) is 47.7 Å². The van der Waals surface area contributed by atoms with Gasteiger partial charge in [0.25, 0.3) is 0 Å². The summed E-state index contributed by atoms with van der Waals surface area (Å²) in [6.45, 7) is 9.41. The maximum atomic E-state index is 12.9. The first-order chi connectivity index (χ1) is 13.0. The monoisotopic (exact) mass is 389 g/mol. The Morgan fingerprint density at radius 3 is 2.11 bits per heavy atom. The molecule has 6 heteroatoms. The molecule has 0 fully saturated rings. The molecule has 0 heterocycles. The highest BCUT2D eigenvalue weighted by Crippen LogP contribution is 2.14. The van der Waals surface area contributed by atoms with Gasteiger partial charge in [0.05, 0.1) is 12.1 Å². The third-order valence-electron chi connectivity index (χ3n) is 4.88. The molecule has 0 radical (unpaired) electrons. The van der Waals surface area contributed by atoms with Gasteiger partial charge in [0.1, 0.15) is 6.04 Å². The minimum atomic E-state index is -0.663. The summed E-state index contributed by atoms with van der Waals surface area (Å²) in [5.74, 6) is -0.482. The number of benzene rings is 1. The standard InChI is InChI=1S/C22H35N3O3/c1-14(2)12-18(25(6)22(28)20(23)15(3)4)21(27)24-16(5)19(26)13-17-10-8-7-9-11-17/h7-11,14-16,18,20H,12-13,23H2,1-6H3,(H,24,27)/t16-,18-,20-/m0/s1. The number of ketones is 1. The Balaban J connectivity index is 2.83. The fraction of sp³-hybridized carbons (Fsp3) is 0.591. The van der Waals surface area contributed by atoms with E-state index >= 15 is 0 Å². The summed E-state index contributed by atoms with van der Waals surface area (Å²) in [6, 6.07) is 7.46. The molecule has 156 valence electrons. The van der Waals surface area contributed by atoms with E-state index < -0.39 is 18.1 Å². The molecule has 0 aromatic heterocycles. The second kappa shape index (κ2) is 11.0. The van der Waals surface area contributed by atoms with Crippen molar-refractivity contribution in [2.75, 3.05) is 7.05 Å². The third-order valence-corrected chi connectivity index (χ3v) is 4.88. The molecule has 1 rings (SSSR count). The van der Waals surface area contributed by atoms with Crippen LogP contribution in [0.15, 0.2) is 30.3 Å². The number of Topliss-reactive ketones (excluding diaryl/α,β-unsaturated/α-hetero) is 1. The van der Waals surface area contributed by atoms with Crippen molar-refractivity contribution in [3.05, 3.63) is 35.9 Å². The van der Waals surface area contributed by atoms with Gasteiger partial charge in [-0.2, -0.15) is 0 Å². The molecule has 3 atom stereocenters. The minimum absolute atomic E-state index is 0.0240. The topological polar surface area (TPSA) is 92.5 Å². The number of hydrogen-bond acceptors (Lipinski definition) is 4. The molecule has 2 amide bonds. The van der Waals surface area contributed by atoms with Crippen LogP contribution < -0.4 is 11.1 Å². The minimum Gasteiger partial charge on any atom is -0.345 e. The Morgan fingerprint density at radius 2 is 1.61 bits per heavy atom. The summed E-state index contributed by atoms with van der Waals surface area (Å²) in [6.07, 6.45) is 0.753. The summed E-state index contributed by atoms with van der Waals surface area (Å²) in [4.78, 5) is 39.4. The normalized spacial score (nSPS) is 14.5. The number of hydrogen-bond donors (Lipinski definition) is 2. The van der Waals surface area contributed by atoms with Gasteiger partial charge in [0.2, 0.25) is 11.8 Å². The number of carbonyl (C=O) groups excluding carboxylic acids is 3. The highest BCUT2D eigenvalue weighted by molar-refractivity contribution is 5.94. The quantitative estimate of drug-likeness (QED) is 0.641. The zero-order valence-corrected chi connectivity index (χ0v) is 17.9. The maximum Gasteiger partial charge on any atom is 0.243 e. The SMILES string of the molecule is CC(C)C[C@@H](C(=O)N[C@@H](C)C(=O)Cc1ccccc1)N(C)C(=O)[C@@H](N)C(C)C. The lowest BCUT2D eigenvalue weighted by atomic mass is 9.98. The maximum absolute atomic E-state index is 12.9. The zero-order valence-electron chi connectivity index (χ0n) is 17.9. The van der Waals surface area contributed by atoms with E-state index in [1.54, 1.807) is 14.0 Å². The number of likely N-dealkylation sites (N-methyl/N-ethyl adjacent to an activating group) is 1. The summed E-state index contributed by atoms with van der Waals surface area (Å²) >= 11 is 0. The molecular formula is C22H35N3O3. The van der Waals surface area contributed by atoms with Crippen molar-refractivity contribution in [3.63, 3.8) is 0 Å². The van der Waals surface area contributed by atoms with E-state index in [-0.39, 0.29) is 35.9 Å². The van der Waals surface area contributed by atoms with Gasteiger partial charge >= 0.3 is 0 Å². The van der Waals surface area contributed by atoms with E-state index in [1.165, 1.54) is 4.90 Å². The van der Waals surface area contributed by atoms with Crippen molar-refractivity contribution >= 4 is 17.6 Å². The van der Waals surface area contributed by atoms with E-state index in [0.717, 1.165) is 5.56 Å². The Kier molecular flexibility index (Phi) is 9.32.